The van der Waals surface area contributed by atoms with Crippen LogP contribution in [0.1, 0.15) is 34.5 Å². The minimum absolute atomic E-state index is 0. The second-order valence-corrected chi connectivity index (χ2v) is 13.9. The van der Waals surface area contributed by atoms with Gasteiger partial charge in [-0.15, -0.1) is 0 Å². The summed E-state index contributed by atoms with van der Waals surface area (Å²) < 4.78 is 94.7. The van der Waals surface area contributed by atoms with Crippen LogP contribution >= 0.6 is 0 Å². The summed E-state index contributed by atoms with van der Waals surface area (Å²) in [5, 5.41) is 5.92. The van der Waals surface area contributed by atoms with Gasteiger partial charge in [0, 0.05) is 21.7 Å². The summed E-state index contributed by atoms with van der Waals surface area (Å²) in [7, 11) is -7.10. The van der Waals surface area contributed by atoms with E-state index in [0.29, 0.717) is 66.4 Å². The number of methoxy groups -OCH3 is 2. The van der Waals surface area contributed by atoms with E-state index >= 15 is 0 Å². The van der Waals surface area contributed by atoms with Crippen molar-refractivity contribution in [3.63, 3.8) is 0 Å². The SMILES string of the molecule is COc1cc2c3c(OC)cc4c5c(ccc(c6ccc7c(c1-c1ccccc1C7OS(=O)(=O)[O-])c62)c53)C(OS(=O)(=O)[O-])c1ccccc1-4.[Na+].[Na+]. The van der Waals surface area contributed by atoms with Crippen LogP contribution in [0.2, 0.25) is 0 Å². The van der Waals surface area contributed by atoms with Crippen molar-refractivity contribution in [2.24, 2.45) is 0 Å². The maximum atomic E-state index is 12.1. The van der Waals surface area contributed by atoms with Crippen LogP contribution in [-0.4, -0.2) is 40.2 Å². The first-order chi connectivity index (χ1) is 23.0. The molecule has 0 aromatic heterocycles. The Hall–Kier alpha value is -2.82. The average Bonchev–Trinajstić information content (AvgIpc) is 3.06. The first-order valence-corrected chi connectivity index (χ1v) is 17.5. The van der Waals surface area contributed by atoms with Gasteiger partial charge < -0.3 is 18.6 Å². The van der Waals surface area contributed by atoms with Crippen molar-refractivity contribution < 1.29 is 103 Å². The number of hydrogen-bond donors (Lipinski definition) is 0. The first kappa shape index (κ1) is 35.6. The molecular formula is C36H22Na2O10S2. The summed E-state index contributed by atoms with van der Waals surface area (Å²) in [5.41, 5.74) is 4.91. The molecule has 240 valence electrons. The molecule has 0 N–H and O–H groups in total. The second kappa shape index (κ2) is 12.4. The van der Waals surface area contributed by atoms with Crippen molar-refractivity contribution in [2.75, 3.05) is 14.2 Å². The Bertz CT molecular complexity index is 2790. The molecule has 0 spiro atoms. The molecule has 9 rings (SSSR count). The minimum Gasteiger partial charge on any atom is -0.725 e. The zero-order valence-corrected chi connectivity index (χ0v) is 32.8. The average molecular weight is 725 g/mol. The number of fused-ring (bicyclic) bond motifs is 6. The summed E-state index contributed by atoms with van der Waals surface area (Å²) in [6.07, 6.45) is -2.38. The van der Waals surface area contributed by atoms with Crippen molar-refractivity contribution in [3.05, 3.63) is 107 Å². The smallest absolute Gasteiger partial charge is 0.725 e. The molecule has 14 heteroatoms. The molecule has 0 saturated carbocycles. The monoisotopic (exact) mass is 724 g/mol. The van der Waals surface area contributed by atoms with Gasteiger partial charge in [0.05, 0.1) is 14.2 Å². The largest absolute Gasteiger partial charge is 1.00 e. The molecule has 10 nitrogen and oxygen atoms in total. The maximum absolute atomic E-state index is 12.1. The molecule has 2 aliphatic rings. The van der Waals surface area contributed by atoms with Crippen LogP contribution in [0, 0.1) is 0 Å². The number of rotatable bonds is 6. The molecule has 7 aromatic rings. The van der Waals surface area contributed by atoms with Crippen LogP contribution in [0.3, 0.4) is 0 Å². The Balaban J connectivity index is 0.00000196. The van der Waals surface area contributed by atoms with E-state index in [9.17, 15) is 25.9 Å². The van der Waals surface area contributed by atoms with Gasteiger partial charge in [-0.1, -0.05) is 72.8 Å². The number of ether oxygens (including phenoxy) is 2. The van der Waals surface area contributed by atoms with Gasteiger partial charge >= 0.3 is 59.1 Å². The molecule has 0 fully saturated rings. The summed E-state index contributed by atoms with van der Waals surface area (Å²) in [4.78, 5) is 0. The molecule has 50 heavy (non-hydrogen) atoms. The van der Waals surface area contributed by atoms with Crippen LogP contribution in [-0.2, 0) is 29.2 Å². The summed E-state index contributed by atoms with van der Waals surface area (Å²) in [5.74, 6) is 1.03. The fraction of sp³-hybridized carbons (Fsp3) is 0.111. The van der Waals surface area contributed by atoms with Crippen LogP contribution in [0.25, 0.3) is 65.3 Å². The molecule has 0 saturated heterocycles. The van der Waals surface area contributed by atoms with E-state index in [0.717, 1.165) is 32.7 Å². The third kappa shape index (κ3) is 5.12. The van der Waals surface area contributed by atoms with Crippen molar-refractivity contribution >= 4 is 63.9 Å². The number of hydrogen-bond acceptors (Lipinski definition) is 10. The van der Waals surface area contributed by atoms with Gasteiger partial charge in [-0.2, -0.15) is 0 Å². The molecule has 0 aliphatic heterocycles. The topological polar surface area (TPSA) is 151 Å². The van der Waals surface area contributed by atoms with E-state index in [2.05, 4.69) is 0 Å². The molecule has 0 amide bonds. The van der Waals surface area contributed by atoms with Gasteiger partial charge in [0.2, 0.25) is 20.8 Å². The number of benzene rings is 7. The van der Waals surface area contributed by atoms with Gasteiger partial charge in [0.1, 0.15) is 23.7 Å². The van der Waals surface area contributed by atoms with Crippen molar-refractivity contribution in [1.29, 1.82) is 0 Å². The van der Waals surface area contributed by atoms with Gasteiger partial charge in [0.15, 0.2) is 0 Å². The first-order valence-electron chi connectivity index (χ1n) is 14.8. The predicted octanol–water partition coefficient (Wildman–Crippen LogP) is 0.856. The van der Waals surface area contributed by atoms with Crippen molar-refractivity contribution in [2.45, 2.75) is 12.2 Å². The molecular weight excluding hydrogens is 703 g/mol. The Morgan fingerprint density at radius 1 is 0.500 bits per heavy atom. The molecule has 2 unspecified atom stereocenters. The van der Waals surface area contributed by atoms with Gasteiger partial charge in [-0.3, -0.25) is 8.37 Å². The fourth-order valence-corrected chi connectivity index (χ4v) is 8.87. The standard InChI is InChI=1S/C36H24O10S2.2Na/c1-43-27-15-25-17-7-3-5-9-21(17)35(45-47(37,38)39)23-13-12-20-19-11-14-24-34-29(19)26(32(27)33(20)30(23)25)16-28(44-2)31(34)18-8-4-6-10-22(18)36(24)46-48(40,41)42;;/h3-16,35-36H,1-2H3,(H,37,38,39)(H,40,41,42);;/q;2*+1/p-2. The van der Waals surface area contributed by atoms with Crippen LogP contribution in [0.4, 0.5) is 0 Å². The second-order valence-electron chi connectivity index (χ2n) is 11.9. The summed E-state index contributed by atoms with van der Waals surface area (Å²) in [6, 6.07) is 25.4. The zero-order chi connectivity index (χ0) is 33.3. The van der Waals surface area contributed by atoms with Crippen molar-refractivity contribution in [3.8, 4) is 33.8 Å². The molecule has 7 aromatic carbocycles. The molecule has 0 radical (unpaired) electrons. The Kier molecular flexibility index (Phi) is 8.82. The maximum Gasteiger partial charge on any atom is 1.00 e. The Labute approximate surface area is 331 Å². The summed E-state index contributed by atoms with van der Waals surface area (Å²) >= 11 is 0. The summed E-state index contributed by atoms with van der Waals surface area (Å²) in [6.45, 7) is 0. The van der Waals surface area contributed by atoms with Crippen LogP contribution < -0.4 is 68.6 Å². The predicted molar refractivity (Wildman–Crippen MR) is 177 cm³/mol. The molecule has 0 heterocycles. The molecule has 2 atom stereocenters. The van der Waals surface area contributed by atoms with E-state index < -0.39 is 33.0 Å². The fourth-order valence-electron chi connectivity index (χ4n) is 7.99. The van der Waals surface area contributed by atoms with Crippen LogP contribution in [0.15, 0.2) is 84.9 Å². The Morgan fingerprint density at radius 2 is 1.02 bits per heavy atom. The van der Waals surface area contributed by atoms with E-state index in [4.69, 9.17) is 17.8 Å². The van der Waals surface area contributed by atoms with Crippen molar-refractivity contribution in [1.82, 2.24) is 0 Å². The minimum atomic E-state index is -5.11. The Morgan fingerprint density at radius 3 is 1.60 bits per heavy atom. The van der Waals surface area contributed by atoms with E-state index in [1.54, 1.807) is 50.6 Å². The van der Waals surface area contributed by atoms with E-state index in [1.807, 2.05) is 48.5 Å². The molecule has 0 bridgehead atoms. The third-order valence-corrected chi connectivity index (χ3v) is 10.5. The van der Waals surface area contributed by atoms with E-state index in [1.165, 1.54) is 0 Å². The van der Waals surface area contributed by atoms with Gasteiger partial charge in [0.25, 0.3) is 0 Å². The van der Waals surface area contributed by atoms with Crippen LogP contribution in [0.5, 0.6) is 11.5 Å². The third-order valence-electron chi connectivity index (χ3n) is 9.60. The van der Waals surface area contributed by atoms with Gasteiger partial charge in [-0.25, -0.2) is 16.8 Å². The quantitative estimate of drug-likeness (QED) is 0.0795. The van der Waals surface area contributed by atoms with Gasteiger partial charge in [-0.05, 0) is 78.0 Å². The normalized spacial score (nSPS) is 16.2. The zero-order valence-electron chi connectivity index (χ0n) is 27.1. The van der Waals surface area contributed by atoms with E-state index in [-0.39, 0.29) is 59.1 Å². The molecule has 2 aliphatic carbocycles.